The second-order valence-electron chi connectivity index (χ2n) is 18.6. The summed E-state index contributed by atoms with van der Waals surface area (Å²) in [5.74, 6) is -3.20. The molecule has 3 saturated heterocycles. The normalized spacial score (nSPS) is 18.2. The molecule has 1 unspecified atom stereocenters. The number of anilines is 1. The lowest BCUT2D eigenvalue weighted by molar-refractivity contribution is -0.136. The predicted octanol–water partition coefficient (Wildman–Crippen LogP) is 6.53. The quantitative estimate of drug-likeness (QED) is 0.0950. The van der Waals surface area contributed by atoms with Crippen molar-refractivity contribution < 1.29 is 43.0 Å². The molecule has 2 aromatic heterocycles. The summed E-state index contributed by atoms with van der Waals surface area (Å²) in [5, 5.41) is 20.7. The summed E-state index contributed by atoms with van der Waals surface area (Å²) in [4.78, 5) is 86.1. The fourth-order valence-electron chi connectivity index (χ4n) is 11.1. The molecule has 4 aliphatic heterocycles. The molecule has 2 N–H and O–H groups in total. The lowest BCUT2D eigenvalue weighted by Gasteiger charge is -2.43. The van der Waals surface area contributed by atoms with Crippen molar-refractivity contribution in [2.75, 3.05) is 50.8 Å². The molecule has 0 saturated carbocycles. The highest BCUT2D eigenvalue weighted by molar-refractivity contribution is 6.35. The van der Waals surface area contributed by atoms with E-state index in [1.54, 1.807) is 28.9 Å². The van der Waals surface area contributed by atoms with Gasteiger partial charge < -0.3 is 29.1 Å². The van der Waals surface area contributed by atoms with E-state index in [1.807, 2.05) is 65.6 Å². The van der Waals surface area contributed by atoms with Gasteiger partial charge in [-0.1, -0.05) is 35.9 Å². The van der Waals surface area contributed by atoms with E-state index in [9.17, 15) is 38.3 Å². The highest BCUT2D eigenvalue weighted by Gasteiger charge is 2.47. The second-order valence-corrected chi connectivity index (χ2v) is 19.0. The number of piperidine rings is 2. The van der Waals surface area contributed by atoms with E-state index in [0.717, 1.165) is 49.1 Å². The first-order valence-corrected chi connectivity index (χ1v) is 24.1. The summed E-state index contributed by atoms with van der Waals surface area (Å²) in [5.41, 5.74) is 5.64. The molecule has 5 amide bonds. The molecule has 4 aliphatic rings. The molecule has 70 heavy (non-hydrogen) atoms. The van der Waals surface area contributed by atoms with Crippen LogP contribution in [-0.4, -0.2) is 128 Å². The number of benzene rings is 4. The van der Waals surface area contributed by atoms with Crippen LogP contribution in [0.2, 0.25) is 5.02 Å². The number of nitrogens with one attached hydrogen (secondary N) is 1. The zero-order valence-electron chi connectivity index (χ0n) is 39.1. The van der Waals surface area contributed by atoms with Crippen LogP contribution in [0.1, 0.15) is 80.3 Å². The number of amides is 5. The molecule has 0 spiro atoms. The number of carboxylic acids is 1. The molecular formula is C52H52ClFN8O8. The Kier molecular flexibility index (Phi) is 12.4. The van der Waals surface area contributed by atoms with Crippen LogP contribution in [0.5, 0.6) is 5.75 Å². The van der Waals surface area contributed by atoms with Crippen LogP contribution in [-0.2, 0) is 34.4 Å². The van der Waals surface area contributed by atoms with Gasteiger partial charge in [0.1, 0.15) is 23.3 Å². The molecule has 16 nitrogen and oxygen atoms in total. The number of piperazine rings is 1. The summed E-state index contributed by atoms with van der Waals surface area (Å²) in [6.45, 7) is 7.31. The molecule has 1 atom stereocenters. The molecule has 0 radical (unpaired) electrons. The lowest BCUT2D eigenvalue weighted by atomic mass is 9.98. The van der Waals surface area contributed by atoms with E-state index in [4.69, 9.17) is 16.3 Å². The molecule has 6 aromatic rings. The Balaban J connectivity index is 0.840. The molecule has 0 bridgehead atoms. The largest absolute Gasteiger partial charge is 0.493 e. The van der Waals surface area contributed by atoms with Gasteiger partial charge in [0.2, 0.25) is 17.7 Å². The maximum Gasteiger partial charge on any atom is 0.352 e. The number of likely N-dealkylation sites (tertiary alicyclic amines) is 1. The van der Waals surface area contributed by atoms with Crippen LogP contribution in [0.15, 0.2) is 66.7 Å². The summed E-state index contributed by atoms with van der Waals surface area (Å²) in [6, 6.07) is 17.6. The average Bonchev–Trinajstić information content (AvgIpc) is 3.89. The third-order valence-electron chi connectivity index (χ3n) is 14.6. The summed E-state index contributed by atoms with van der Waals surface area (Å²) in [7, 11) is 1.87. The number of hydrogen-bond acceptors (Lipinski definition) is 10. The Labute approximate surface area is 407 Å². The second kappa shape index (κ2) is 18.7. The molecule has 10 rings (SSSR count). The zero-order chi connectivity index (χ0) is 49.1. The van der Waals surface area contributed by atoms with E-state index in [0.29, 0.717) is 93.6 Å². The maximum atomic E-state index is 14.0. The fourth-order valence-corrected chi connectivity index (χ4v) is 11.4. The van der Waals surface area contributed by atoms with Crippen LogP contribution >= 0.6 is 11.6 Å². The SMILES string of the molecule is Cc1nn(C)c(C)c1-c1c(Cl)ccc2c(CCCOc3cccc4cc(F)ccc34)c(C(=O)O)n(CCN3CCC(N4CCN(c5cccc6c5C(=O)N(C5CCC(=O)NC5=O)C6=O)CC4=O)CC3)c12. The Bertz CT molecular complexity index is 3180. The van der Waals surface area contributed by atoms with Gasteiger partial charge in [-0.25, -0.2) is 9.18 Å². The van der Waals surface area contributed by atoms with Gasteiger partial charge in [-0.2, -0.15) is 5.10 Å². The van der Waals surface area contributed by atoms with Gasteiger partial charge >= 0.3 is 5.97 Å². The Hall–Kier alpha value is -7.11. The van der Waals surface area contributed by atoms with Crippen molar-refractivity contribution in [2.24, 2.45) is 7.05 Å². The number of aromatic nitrogens is 3. The van der Waals surface area contributed by atoms with E-state index in [1.165, 1.54) is 12.1 Å². The first-order valence-electron chi connectivity index (χ1n) is 23.7. The van der Waals surface area contributed by atoms with E-state index in [2.05, 4.69) is 15.3 Å². The molecule has 3 fully saturated rings. The number of imide groups is 2. The topological polar surface area (TPSA) is 180 Å². The number of carboxylic acid groups (broad SMARTS) is 1. The highest BCUT2D eigenvalue weighted by atomic mass is 35.5. The van der Waals surface area contributed by atoms with Gasteiger partial charge in [-0.15, -0.1) is 0 Å². The number of aromatic carboxylic acids is 1. The smallest absolute Gasteiger partial charge is 0.352 e. The maximum absolute atomic E-state index is 14.0. The first-order chi connectivity index (χ1) is 33.7. The number of carbonyl (C=O) groups is 6. The van der Waals surface area contributed by atoms with Crippen molar-refractivity contribution in [1.29, 1.82) is 0 Å². The minimum Gasteiger partial charge on any atom is -0.493 e. The van der Waals surface area contributed by atoms with Gasteiger partial charge in [0.05, 0.1) is 46.2 Å². The molecule has 0 aliphatic carbocycles. The van der Waals surface area contributed by atoms with Crippen LogP contribution in [0.3, 0.4) is 0 Å². The van der Waals surface area contributed by atoms with Crippen molar-refractivity contribution in [2.45, 2.75) is 71.0 Å². The highest BCUT2D eigenvalue weighted by Crippen LogP contribution is 2.43. The number of rotatable bonds is 13. The van der Waals surface area contributed by atoms with Crippen molar-refractivity contribution in [1.82, 2.24) is 34.4 Å². The zero-order valence-corrected chi connectivity index (χ0v) is 39.9. The van der Waals surface area contributed by atoms with Crippen LogP contribution in [0.25, 0.3) is 32.8 Å². The molecular weight excluding hydrogens is 919 g/mol. The lowest BCUT2D eigenvalue weighted by Crippen LogP contribution is -2.56. The van der Waals surface area contributed by atoms with Crippen molar-refractivity contribution in [3.05, 3.63) is 111 Å². The van der Waals surface area contributed by atoms with Gasteiger partial charge in [0.25, 0.3) is 11.8 Å². The van der Waals surface area contributed by atoms with Gasteiger partial charge in [-0.3, -0.25) is 38.9 Å². The van der Waals surface area contributed by atoms with Crippen LogP contribution in [0.4, 0.5) is 10.1 Å². The number of aryl methyl sites for hydroxylation is 3. The van der Waals surface area contributed by atoms with Gasteiger partial charge in [0.15, 0.2) is 0 Å². The summed E-state index contributed by atoms with van der Waals surface area (Å²) < 4.78 is 23.9. The number of ether oxygens (including phenoxy) is 1. The molecule has 6 heterocycles. The third-order valence-corrected chi connectivity index (χ3v) is 14.9. The predicted molar refractivity (Wildman–Crippen MR) is 260 cm³/mol. The number of nitrogens with zero attached hydrogens (tertiary/aromatic N) is 7. The average molecular weight is 971 g/mol. The van der Waals surface area contributed by atoms with Gasteiger partial charge in [-0.05, 0) is 99.4 Å². The van der Waals surface area contributed by atoms with Crippen LogP contribution in [0, 0.1) is 19.7 Å². The monoisotopic (exact) mass is 970 g/mol. The fraction of sp³-hybridized carbons (Fsp3) is 0.365. The summed E-state index contributed by atoms with van der Waals surface area (Å²) >= 11 is 7.09. The van der Waals surface area contributed by atoms with Gasteiger partial charge in [0, 0.05) is 86.4 Å². The molecule has 362 valence electrons. The number of fused-ring (bicyclic) bond motifs is 3. The Morgan fingerprint density at radius 2 is 1.66 bits per heavy atom. The Morgan fingerprint density at radius 1 is 0.886 bits per heavy atom. The van der Waals surface area contributed by atoms with E-state index >= 15 is 0 Å². The number of halogens is 2. The molecule has 18 heteroatoms. The van der Waals surface area contributed by atoms with Crippen LogP contribution < -0.4 is 15.0 Å². The Morgan fingerprint density at radius 3 is 2.39 bits per heavy atom. The molecule has 4 aromatic carbocycles. The number of carbonyl (C=O) groups excluding carboxylic acids is 5. The van der Waals surface area contributed by atoms with E-state index < -0.39 is 35.6 Å². The van der Waals surface area contributed by atoms with Crippen molar-refractivity contribution >= 4 is 74.5 Å². The van der Waals surface area contributed by atoms with Crippen molar-refractivity contribution in [3.8, 4) is 16.9 Å². The summed E-state index contributed by atoms with van der Waals surface area (Å²) in [6.07, 6.45) is 2.40. The van der Waals surface area contributed by atoms with E-state index in [-0.39, 0.29) is 54.0 Å². The minimum absolute atomic E-state index is 0.00878. The minimum atomic E-state index is -1.09. The number of hydrogen-bond donors (Lipinski definition) is 2. The standard InChI is InChI=1S/C52H52ClFN8O8/c1-29-44(30(2)57(3)56-29)46-38(53)15-14-36-35(9-6-26-70-41-11-4-7-31-27-32(54)12-13-34(31)41)48(52(68)69)61(47(36)46)24-22-58-20-18-33(19-21-58)60-25-23-59(28-43(60)64)39-10-5-8-37-45(39)51(67)62(50(37)66)40-16-17-42(63)55-49(40)65/h4-5,7-8,10-15,27,33,40H,6,9,16-26,28H2,1-3H3,(H,68,69)(H,55,63,65). The van der Waals surface area contributed by atoms with Crippen molar-refractivity contribution in [3.63, 3.8) is 0 Å². The first kappa shape index (κ1) is 46.6. The third kappa shape index (κ3) is 8.23.